The van der Waals surface area contributed by atoms with Crippen molar-refractivity contribution in [1.29, 1.82) is 0 Å². The van der Waals surface area contributed by atoms with Crippen LogP contribution in [0, 0.1) is 11.7 Å². The molecule has 1 aliphatic rings. The standard InChI is InChI=1S/C22H24FN3O3/c1-2-29-20-9-3-16(4-10-20)15-24-25-21(27)17-11-13-26(14-12-17)22(28)18-5-7-19(23)8-6-18/h3-10,15,17H,2,11-14H2,1H3,(H,25,27)/b24-15-. The maximum Gasteiger partial charge on any atom is 0.253 e. The fourth-order valence-corrected chi connectivity index (χ4v) is 3.20. The molecule has 0 saturated carbocycles. The van der Waals surface area contributed by atoms with E-state index in [0.29, 0.717) is 38.1 Å². The van der Waals surface area contributed by atoms with Crippen LogP contribution in [0.5, 0.6) is 5.75 Å². The molecule has 0 spiro atoms. The highest BCUT2D eigenvalue weighted by Crippen LogP contribution is 2.19. The van der Waals surface area contributed by atoms with E-state index in [0.717, 1.165) is 11.3 Å². The average molecular weight is 397 g/mol. The number of nitrogens with one attached hydrogen (secondary N) is 1. The maximum absolute atomic E-state index is 13.0. The first-order valence-corrected chi connectivity index (χ1v) is 9.67. The Kier molecular flexibility index (Phi) is 6.94. The molecule has 1 saturated heterocycles. The van der Waals surface area contributed by atoms with E-state index in [4.69, 9.17) is 4.74 Å². The first kappa shape index (κ1) is 20.5. The van der Waals surface area contributed by atoms with Gasteiger partial charge >= 0.3 is 0 Å². The van der Waals surface area contributed by atoms with E-state index in [1.165, 1.54) is 24.3 Å². The Morgan fingerprint density at radius 2 is 1.79 bits per heavy atom. The van der Waals surface area contributed by atoms with Gasteiger partial charge in [-0.05, 0) is 73.9 Å². The summed E-state index contributed by atoms with van der Waals surface area (Å²) in [6, 6.07) is 12.9. The van der Waals surface area contributed by atoms with Gasteiger partial charge in [0.1, 0.15) is 11.6 Å². The number of ether oxygens (including phenoxy) is 1. The fourth-order valence-electron chi connectivity index (χ4n) is 3.20. The van der Waals surface area contributed by atoms with Gasteiger partial charge in [0.25, 0.3) is 5.91 Å². The van der Waals surface area contributed by atoms with Gasteiger partial charge in [0.2, 0.25) is 5.91 Å². The number of carbonyl (C=O) groups is 2. The van der Waals surface area contributed by atoms with Gasteiger partial charge in [-0.2, -0.15) is 5.10 Å². The van der Waals surface area contributed by atoms with Crippen molar-refractivity contribution in [3.05, 3.63) is 65.5 Å². The smallest absolute Gasteiger partial charge is 0.253 e. The van der Waals surface area contributed by atoms with Crippen molar-refractivity contribution in [2.24, 2.45) is 11.0 Å². The lowest BCUT2D eigenvalue weighted by Crippen LogP contribution is -2.42. The quantitative estimate of drug-likeness (QED) is 0.601. The normalized spacial score (nSPS) is 14.8. The van der Waals surface area contributed by atoms with Crippen molar-refractivity contribution in [2.75, 3.05) is 19.7 Å². The van der Waals surface area contributed by atoms with Crippen LogP contribution in [0.2, 0.25) is 0 Å². The Hall–Kier alpha value is -3.22. The third-order valence-electron chi connectivity index (χ3n) is 4.82. The van der Waals surface area contributed by atoms with Crippen molar-refractivity contribution in [1.82, 2.24) is 10.3 Å². The molecule has 29 heavy (non-hydrogen) atoms. The molecule has 0 aromatic heterocycles. The summed E-state index contributed by atoms with van der Waals surface area (Å²) < 4.78 is 18.4. The minimum atomic E-state index is -0.372. The molecule has 1 fully saturated rings. The van der Waals surface area contributed by atoms with Crippen LogP contribution in [-0.2, 0) is 4.79 Å². The van der Waals surface area contributed by atoms with E-state index in [9.17, 15) is 14.0 Å². The summed E-state index contributed by atoms with van der Waals surface area (Å²) in [7, 11) is 0. The zero-order valence-electron chi connectivity index (χ0n) is 16.3. The van der Waals surface area contributed by atoms with Gasteiger partial charge in [-0.3, -0.25) is 9.59 Å². The number of benzene rings is 2. The summed E-state index contributed by atoms with van der Waals surface area (Å²) in [5, 5.41) is 4.02. The van der Waals surface area contributed by atoms with Crippen molar-refractivity contribution in [3.63, 3.8) is 0 Å². The zero-order chi connectivity index (χ0) is 20.6. The number of halogens is 1. The molecule has 152 valence electrons. The van der Waals surface area contributed by atoms with Gasteiger partial charge in [-0.25, -0.2) is 9.82 Å². The Bertz CT molecular complexity index is 858. The number of rotatable bonds is 6. The number of hydrogen-bond donors (Lipinski definition) is 1. The molecule has 0 bridgehead atoms. The highest BCUT2D eigenvalue weighted by Gasteiger charge is 2.27. The van der Waals surface area contributed by atoms with Crippen LogP contribution in [0.1, 0.15) is 35.7 Å². The minimum absolute atomic E-state index is 0.141. The lowest BCUT2D eigenvalue weighted by atomic mass is 9.95. The molecule has 0 atom stereocenters. The molecule has 2 amide bonds. The van der Waals surface area contributed by atoms with Crippen LogP contribution in [0.15, 0.2) is 53.6 Å². The molecule has 6 nitrogen and oxygen atoms in total. The summed E-state index contributed by atoms with van der Waals surface area (Å²) in [4.78, 5) is 26.5. The van der Waals surface area contributed by atoms with Crippen molar-refractivity contribution >= 4 is 18.0 Å². The second kappa shape index (κ2) is 9.82. The van der Waals surface area contributed by atoms with Gasteiger partial charge in [-0.1, -0.05) is 0 Å². The van der Waals surface area contributed by atoms with Gasteiger partial charge in [0.05, 0.1) is 12.8 Å². The Morgan fingerprint density at radius 1 is 1.14 bits per heavy atom. The number of carbonyl (C=O) groups excluding carboxylic acids is 2. The third kappa shape index (κ3) is 5.63. The highest BCUT2D eigenvalue weighted by molar-refractivity contribution is 5.94. The molecule has 2 aromatic carbocycles. The Balaban J connectivity index is 1.46. The summed E-state index contributed by atoms with van der Waals surface area (Å²) in [5.41, 5.74) is 3.88. The number of hydrogen-bond acceptors (Lipinski definition) is 4. The monoisotopic (exact) mass is 397 g/mol. The summed E-state index contributed by atoms with van der Waals surface area (Å²) in [6.07, 6.45) is 2.72. The summed E-state index contributed by atoms with van der Waals surface area (Å²) >= 11 is 0. The first-order valence-electron chi connectivity index (χ1n) is 9.67. The molecule has 0 radical (unpaired) electrons. The minimum Gasteiger partial charge on any atom is -0.494 e. The summed E-state index contributed by atoms with van der Waals surface area (Å²) in [5.74, 6) is -0.0680. The molecular formula is C22H24FN3O3. The molecule has 1 aliphatic heterocycles. The topological polar surface area (TPSA) is 71.0 Å². The van der Waals surface area contributed by atoms with Crippen LogP contribution < -0.4 is 10.2 Å². The highest BCUT2D eigenvalue weighted by atomic mass is 19.1. The van der Waals surface area contributed by atoms with Crippen molar-refractivity contribution in [2.45, 2.75) is 19.8 Å². The summed E-state index contributed by atoms with van der Waals surface area (Å²) in [6.45, 7) is 3.50. The third-order valence-corrected chi connectivity index (χ3v) is 4.82. The Morgan fingerprint density at radius 3 is 2.41 bits per heavy atom. The molecule has 1 heterocycles. The SMILES string of the molecule is CCOc1ccc(/C=N\NC(=O)C2CCN(C(=O)c3ccc(F)cc3)CC2)cc1. The van der Waals surface area contributed by atoms with Gasteiger partial charge in [0.15, 0.2) is 0 Å². The molecular weight excluding hydrogens is 373 g/mol. The fraction of sp³-hybridized carbons (Fsp3) is 0.318. The molecule has 7 heteroatoms. The second-order valence-corrected chi connectivity index (χ2v) is 6.81. The van der Waals surface area contributed by atoms with Crippen LogP contribution in [0.25, 0.3) is 0 Å². The number of likely N-dealkylation sites (tertiary alicyclic amines) is 1. The maximum atomic E-state index is 13.0. The lowest BCUT2D eigenvalue weighted by molar-refractivity contribution is -0.126. The Labute approximate surface area is 169 Å². The molecule has 2 aromatic rings. The van der Waals surface area contributed by atoms with E-state index in [2.05, 4.69) is 10.5 Å². The van der Waals surface area contributed by atoms with E-state index >= 15 is 0 Å². The predicted octanol–water partition coefficient (Wildman–Crippen LogP) is 3.23. The van der Waals surface area contributed by atoms with Crippen LogP contribution >= 0.6 is 0 Å². The largest absolute Gasteiger partial charge is 0.494 e. The van der Waals surface area contributed by atoms with Gasteiger partial charge in [-0.15, -0.1) is 0 Å². The first-order chi connectivity index (χ1) is 14.1. The van der Waals surface area contributed by atoms with Crippen molar-refractivity contribution < 1.29 is 18.7 Å². The van der Waals surface area contributed by atoms with Crippen LogP contribution in [0.4, 0.5) is 4.39 Å². The van der Waals surface area contributed by atoms with E-state index in [-0.39, 0.29) is 23.5 Å². The number of hydrazone groups is 1. The predicted molar refractivity (Wildman–Crippen MR) is 108 cm³/mol. The van der Waals surface area contributed by atoms with E-state index in [1.807, 2.05) is 31.2 Å². The number of piperidine rings is 1. The molecule has 0 unspecified atom stereocenters. The van der Waals surface area contributed by atoms with Gasteiger partial charge in [0, 0.05) is 24.6 Å². The second-order valence-electron chi connectivity index (χ2n) is 6.81. The van der Waals surface area contributed by atoms with E-state index in [1.54, 1.807) is 11.1 Å². The lowest BCUT2D eigenvalue weighted by Gasteiger charge is -2.31. The molecule has 1 N–H and O–H groups in total. The van der Waals surface area contributed by atoms with Gasteiger partial charge < -0.3 is 9.64 Å². The average Bonchev–Trinajstić information content (AvgIpc) is 2.75. The van der Waals surface area contributed by atoms with Crippen LogP contribution in [0.3, 0.4) is 0 Å². The zero-order valence-corrected chi connectivity index (χ0v) is 16.3. The van der Waals surface area contributed by atoms with Crippen LogP contribution in [-0.4, -0.2) is 42.6 Å². The molecule has 3 rings (SSSR count). The van der Waals surface area contributed by atoms with E-state index < -0.39 is 0 Å². The van der Waals surface area contributed by atoms with Crippen molar-refractivity contribution in [3.8, 4) is 5.75 Å². The number of nitrogens with zero attached hydrogens (tertiary/aromatic N) is 2. The molecule has 0 aliphatic carbocycles. The number of amides is 2.